The molecule has 0 fully saturated rings. The van der Waals surface area contributed by atoms with Crippen molar-refractivity contribution in [1.82, 2.24) is 15.5 Å². The average Bonchev–Trinajstić information content (AvgIpc) is 2.85. The van der Waals surface area contributed by atoms with Crippen molar-refractivity contribution in [2.45, 2.75) is 105 Å². The summed E-state index contributed by atoms with van der Waals surface area (Å²) in [5.74, 6) is -2.71. The molecule has 12 heteroatoms. The van der Waals surface area contributed by atoms with Gasteiger partial charge >= 0.3 is 12.1 Å². The number of aromatic hydroxyl groups is 1. The van der Waals surface area contributed by atoms with E-state index in [-0.39, 0.29) is 36.8 Å². The summed E-state index contributed by atoms with van der Waals surface area (Å²) in [4.78, 5) is 65.9. The Balaban J connectivity index is 3.67. The van der Waals surface area contributed by atoms with E-state index < -0.39 is 59.9 Å². The molecule has 0 saturated carbocycles. The van der Waals surface area contributed by atoms with Crippen LogP contribution in [0.1, 0.15) is 91.3 Å². The summed E-state index contributed by atoms with van der Waals surface area (Å²) in [6, 6.07) is 1.40. The number of nitrogens with two attached hydrogens (primary N) is 1. The Kier molecular flexibility index (Phi) is 14.3. The highest BCUT2D eigenvalue weighted by Crippen LogP contribution is 2.34. The van der Waals surface area contributed by atoms with E-state index >= 15 is 0 Å². The molecule has 0 bridgehead atoms. The van der Waals surface area contributed by atoms with Gasteiger partial charge in [0.05, 0.1) is 19.4 Å². The Bertz CT molecular complexity index is 1100. The number of primary amides is 1. The number of ether oxygens (including phenoxy) is 2. The summed E-state index contributed by atoms with van der Waals surface area (Å²) >= 11 is 0. The third-order valence-corrected chi connectivity index (χ3v) is 6.31. The molecule has 0 aliphatic carbocycles. The molecule has 4 amide bonds. The van der Waals surface area contributed by atoms with E-state index in [2.05, 4.69) is 10.6 Å². The van der Waals surface area contributed by atoms with E-state index in [1.54, 1.807) is 53.7 Å². The van der Waals surface area contributed by atoms with Crippen molar-refractivity contribution in [2.75, 3.05) is 13.2 Å². The van der Waals surface area contributed by atoms with Crippen LogP contribution < -0.4 is 16.4 Å². The molecular formula is C30H48N4O8. The zero-order valence-corrected chi connectivity index (χ0v) is 26.1. The topological polar surface area (TPSA) is 177 Å². The van der Waals surface area contributed by atoms with E-state index in [4.69, 9.17) is 15.2 Å². The summed E-state index contributed by atoms with van der Waals surface area (Å²) in [5, 5.41) is 16.1. The number of carbonyl (C=O) groups is 5. The monoisotopic (exact) mass is 592 g/mol. The van der Waals surface area contributed by atoms with Crippen molar-refractivity contribution in [1.29, 1.82) is 0 Å². The van der Waals surface area contributed by atoms with Crippen molar-refractivity contribution >= 4 is 29.8 Å². The lowest BCUT2D eigenvalue weighted by Crippen LogP contribution is -2.56. The Hall–Kier alpha value is -3.83. The highest BCUT2D eigenvalue weighted by atomic mass is 16.6. The first-order valence-corrected chi connectivity index (χ1v) is 14.3. The zero-order valence-electron chi connectivity index (χ0n) is 26.1. The van der Waals surface area contributed by atoms with Gasteiger partial charge in [0, 0.05) is 18.2 Å². The molecule has 0 radical (unpaired) electrons. The first-order valence-electron chi connectivity index (χ1n) is 14.3. The molecule has 3 atom stereocenters. The van der Waals surface area contributed by atoms with Crippen LogP contribution in [0.4, 0.5) is 4.79 Å². The SMILES string of the molecule is CCOC(=O)CCNC(=O)C(c1cccc(C)c1O)N(C(=O)C(CC(N)=O)NC(=O)OC(C)(C)C)C(C)CCC(C)C. The van der Waals surface area contributed by atoms with Gasteiger partial charge in [0.15, 0.2) is 0 Å². The number of alkyl carbamates (subject to hydrolysis) is 1. The molecule has 0 aliphatic heterocycles. The molecule has 236 valence electrons. The van der Waals surface area contributed by atoms with Crippen molar-refractivity contribution in [2.24, 2.45) is 11.7 Å². The molecular weight excluding hydrogens is 544 g/mol. The van der Waals surface area contributed by atoms with Crippen LogP contribution in [0.15, 0.2) is 18.2 Å². The summed E-state index contributed by atoms with van der Waals surface area (Å²) in [6.07, 6.45) is -0.429. The number of benzene rings is 1. The van der Waals surface area contributed by atoms with Gasteiger partial charge in [-0.1, -0.05) is 32.0 Å². The second-order valence-corrected chi connectivity index (χ2v) is 11.7. The van der Waals surface area contributed by atoms with Gasteiger partial charge in [-0.25, -0.2) is 4.79 Å². The molecule has 5 N–H and O–H groups in total. The van der Waals surface area contributed by atoms with E-state index in [1.807, 2.05) is 13.8 Å². The largest absolute Gasteiger partial charge is 0.507 e. The van der Waals surface area contributed by atoms with E-state index in [0.717, 1.165) is 0 Å². The molecule has 0 spiro atoms. The Morgan fingerprint density at radius 3 is 2.26 bits per heavy atom. The van der Waals surface area contributed by atoms with Crippen molar-refractivity contribution in [3.05, 3.63) is 29.3 Å². The molecule has 12 nitrogen and oxygen atoms in total. The van der Waals surface area contributed by atoms with Crippen LogP contribution in [0, 0.1) is 12.8 Å². The number of amides is 4. The minimum absolute atomic E-state index is 0.0793. The van der Waals surface area contributed by atoms with Gasteiger partial charge in [-0.2, -0.15) is 0 Å². The van der Waals surface area contributed by atoms with Gasteiger partial charge < -0.3 is 35.8 Å². The average molecular weight is 593 g/mol. The number of hydrogen-bond donors (Lipinski definition) is 4. The molecule has 3 unspecified atom stereocenters. The smallest absolute Gasteiger partial charge is 0.408 e. The van der Waals surface area contributed by atoms with Crippen LogP contribution in [0.2, 0.25) is 0 Å². The van der Waals surface area contributed by atoms with Crippen molar-refractivity contribution in [3.8, 4) is 5.75 Å². The molecule has 1 aromatic rings. The number of para-hydroxylation sites is 1. The Labute approximate surface area is 248 Å². The van der Waals surface area contributed by atoms with Crippen LogP contribution in [0.25, 0.3) is 0 Å². The Morgan fingerprint density at radius 1 is 1.07 bits per heavy atom. The lowest BCUT2D eigenvalue weighted by Gasteiger charge is -2.39. The van der Waals surface area contributed by atoms with Crippen LogP contribution in [0.5, 0.6) is 5.75 Å². The quantitative estimate of drug-likeness (QED) is 0.224. The fraction of sp³-hybridized carbons (Fsp3) is 0.633. The molecule has 0 aliphatic rings. The standard InChI is InChI=1S/C30H48N4O8/c1-9-41-24(36)15-16-32-27(38)25(21-12-10-11-19(4)26(21)37)34(20(5)14-13-18(2)3)28(39)22(17-23(31)35)33-29(40)42-30(6,7)8/h10-12,18,20,22,25,37H,9,13-17H2,1-8H3,(H2,31,35)(H,32,38)(H,33,40). The van der Waals surface area contributed by atoms with Crippen molar-refractivity contribution in [3.63, 3.8) is 0 Å². The maximum absolute atomic E-state index is 14.3. The lowest BCUT2D eigenvalue weighted by atomic mass is 9.95. The predicted octanol–water partition coefficient (Wildman–Crippen LogP) is 3.23. The van der Waals surface area contributed by atoms with E-state index in [1.165, 1.54) is 11.0 Å². The van der Waals surface area contributed by atoms with Crippen LogP contribution >= 0.6 is 0 Å². The second kappa shape index (κ2) is 16.6. The molecule has 1 aromatic carbocycles. The minimum atomic E-state index is -1.46. The molecule has 0 saturated heterocycles. The number of carbonyl (C=O) groups excluding carboxylic acids is 5. The number of nitrogens with zero attached hydrogens (tertiary/aromatic N) is 1. The van der Waals surface area contributed by atoms with E-state index in [0.29, 0.717) is 18.4 Å². The molecule has 0 aromatic heterocycles. The van der Waals surface area contributed by atoms with Gasteiger partial charge in [0.2, 0.25) is 17.7 Å². The number of phenols is 1. The number of nitrogens with one attached hydrogen (secondary N) is 2. The van der Waals surface area contributed by atoms with Crippen LogP contribution in [-0.4, -0.2) is 70.6 Å². The molecule has 0 heterocycles. The molecule has 1 rings (SSSR count). The Morgan fingerprint density at radius 2 is 1.71 bits per heavy atom. The highest BCUT2D eigenvalue weighted by Gasteiger charge is 2.40. The van der Waals surface area contributed by atoms with Crippen LogP contribution in [0.3, 0.4) is 0 Å². The van der Waals surface area contributed by atoms with Crippen LogP contribution in [-0.2, 0) is 28.7 Å². The number of aryl methyl sites for hydroxylation is 1. The summed E-state index contributed by atoms with van der Waals surface area (Å²) in [6.45, 7) is 14.2. The third-order valence-electron chi connectivity index (χ3n) is 6.31. The second-order valence-electron chi connectivity index (χ2n) is 11.7. The molecule has 42 heavy (non-hydrogen) atoms. The normalized spacial score (nSPS) is 13.5. The fourth-order valence-corrected chi connectivity index (χ4v) is 4.28. The van der Waals surface area contributed by atoms with Gasteiger partial charge in [-0.15, -0.1) is 0 Å². The summed E-state index contributed by atoms with van der Waals surface area (Å²) in [5.41, 5.74) is 5.18. The summed E-state index contributed by atoms with van der Waals surface area (Å²) in [7, 11) is 0. The van der Waals surface area contributed by atoms with Gasteiger partial charge in [0.1, 0.15) is 23.4 Å². The fourth-order valence-electron chi connectivity index (χ4n) is 4.28. The number of rotatable bonds is 15. The van der Waals surface area contributed by atoms with Crippen molar-refractivity contribution < 1.29 is 38.6 Å². The predicted molar refractivity (Wildman–Crippen MR) is 157 cm³/mol. The maximum atomic E-state index is 14.3. The van der Waals surface area contributed by atoms with Gasteiger partial charge in [-0.05, 0) is 65.9 Å². The van der Waals surface area contributed by atoms with Gasteiger partial charge in [-0.3, -0.25) is 19.2 Å². The van der Waals surface area contributed by atoms with E-state index in [9.17, 15) is 29.1 Å². The first-order chi connectivity index (χ1) is 19.5. The zero-order chi connectivity index (χ0) is 32.2. The summed E-state index contributed by atoms with van der Waals surface area (Å²) < 4.78 is 10.2. The van der Waals surface area contributed by atoms with Gasteiger partial charge in [0.25, 0.3) is 0 Å². The number of phenolic OH excluding ortho intramolecular Hbond substituents is 1. The lowest BCUT2D eigenvalue weighted by molar-refractivity contribution is -0.146. The highest BCUT2D eigenvalue weighted by molar-refractivity contribution is 5.95. The first kappa shape index (κ1) is 36.2. The maximum Gasteiger partial charge on any atom is 0.408 e. The minimum Gasteiger partial charge on any atom is -0.507 e. The third kappa shape index (κ3) is 12.0. The number of hydrogen-bond acceptors (Lipinski definition) is 8. The number of esters is 1.